The maximum Gasteiger partial charge on any atom is 0.338 e. The van der Waals surface area contributed by atoms with Crippen LogP contribution in [-0.2, 0) is 14.3 Å². The Morgan fingerprint density at radius 1 is 1.35 bits per heavy atom. The first-order chi connectivity index (χ1) is 11.0. The molecule has 0 bridgehead atoms. The van der Waals surface area contributed by atoms with Gasteiger partial charge in [-0.1, -0.05) is 13.0 Å². The molecule has 0 aliphatic carbocycles. The van der Waals surface area contributed by atoms with Gasteiger partial charge in [-0.2, -0.15) is 0 Å². The second-order valence-corrected chi connectivity index (χ2v) is 5.93. The number of nitrogens with one attached hydrogen (secondary N) is 1. The number of ether oxygens (including phenoxy) is 1. The van der Waals surface area contributed by atoms with Crippen LogP contribution in [-0.4, -0.2) is 42.4 Å². The molecule has 1 fully saturated rings. The highest BCUT2D eigenvalue weighted by Crippen LogP contribution is 2.16. The Morgan fingerprint density at radius 3 is 2.83 bits per heavy atom. The van der Waals surface area contributed by atoms with Crippen molar-refractivity contribution >= 4 is 23.5 Å². The molecular formula is C17H22N2O4. The molecule has 0 aromatic heterocycles. The van der Waals surface area contributed by atoms with Crippen LogP contribution in [0.25, 0.3) is 0 Å². The third kappa shape index (κ3) is 5.09. The van der Waals surface area contributed by atoms with Crippen molar-refractivity contribution in [3.63, 3.8) is 0 Å². The minimum absolute atomic E-state index is 0.164. The molecule has 1 aromatic carbocycles. The number of amides is 2. The molecule has 1 aliphatic heterocycles. The number of likely N-dealkylation sites (tertiary alicyclic amines) is 1. The summed E-state index contributed by atoms with van der Waals surface area (Å²) in [6.07, 6.45) is 2.11. The van der Waals surface area contributed by atoms with E-state index in [1.807, 2.05) is 0 Å². The van der Waals surface area contributed by atoms with Gasteiger partial charge in [-0.15, -0.1) is 0 Å². The molecule has 0 saturated carbocycles. The molecule has 1 heterocycles. The summed E-state index contributed by atoms with van der Waals surface area (Å²) in [4.78, 5) is 36.9. The third-order valence-corrected chi connectivity index (χ3v) is 3.76. The van der Waals surface area contributed by atoms with Crippen LogP contribution in [0.4, 0.5) is 5.69 Å². The molecular weight excluding hydrogens is 296 g/mol. The van der Waals surface area contributed by atoms with Gasteiger partial charge in [0.1, 0.15) is 0 Å². The molecule has 1 aromatic rings. The number of hydrogen-bond acceptors (Lipinski definition) is 4. The molecule has 23 heavy (non-hydrogen) atoms. The number of rotatable bonds is 4. The van der Waals surface area contributed by atoms with Crippen LogP contribution in [0.1, 0.15) is 37.0 Å². The summed E-state index contributed by atoms with van der Waals surface area (Å²) in [7, 11) is 0. The summed E-state index contributed by atoms with van der Waals surface area (Å²) in [6.45, 7) is 4.69. The van der Waals surface area contributed by atoms with Gasteiger partial charge in [-0.25, -0.2) is 4.79 Å². The van der Waals surface area contributed by atoms with Gasteiger partial charge in [0.25, 0.3) is 5.91 Å². The Hall–Kier alpha value is -2.37. The van der Waals surface area contributed by atoms with Crippen molar-refractivity contribution in [1.82, 2.24) is 4.90 Å². The normalized spacial score (nSPS) is 17.5. The van der Waals surface area contributed by atoms with Gasteiger partial charge >= 0.3 is 5.97 Å². The van der Waals surface area contributed by atoms with E-state index >= 15 is 0 Å². The minimum Gasteiger partial charge on any atom is -0.452 e. The van der Waals surface area contributed by atoms with Crippen LogP contribution < -0.4 is 5.32 Å². The van der Waals surface area contributed by atoms with E-state index in [1.165, 1.54) is 13.0 Å². The number of anilines is 1. The molecule has 124 valence electrons. The van der Waals surface area contributed by atoms with Gasteiger partial charge in [0.2, 0.25) is 5.91 Å². The molecule has 0 unspecified atom stereocenters. The fourth-order valence-electron chi connectivity index (χ4n) is 2.65. The highest BCUT2D eigenvalue weighted by atomic mass is 16.5. The van der Waals surface area contributed by atoms with E-state index in [2.05, 4.69) is 12.2 Å². The summed E-state index contributed by atoms with van der Waals surface area (Å²) in [5.74, 6) is -0.471. The van der Waals surface area contributed by atoms with Crippen LogP contribution in [0.5, 0.6) is 0 Å². The van der Waals surface area contributed by atoms with E-state index < -0.39 is 5.97 Å². The second-order valence-electron chi connectivity index (χ2n) is 5.93. The largest absolute Gasteiger partial charge is 0.452 e. The molecule has 1 N–H and O–H groups in total. The molecule has 0 spiro atoms. The van der Waals surface area contributed by atoms with Crippen molar-refractivity contribution in [2.45, 2.75) is 26.7 Å². The summed E-state index contributed by atoms with van der Waals surface area (Å²) in [6, 6.07) is 6.44. The number of esters is 1. The Bertz CT molecular complexity index is 600. The Kier molecular flexibility index (Phi) is 5.73. The molecule has 1 saturated heterocycles. The zero-order valence-corrected chi connectivity index (χ0v) is 13.5. The minimum atomic E-state index is -0.574. The van der Waals surface area contributed by atoms with Crippen LogP contribution in [0.15, 0.2) is 24.3 Å². The molecule has 2 rings (SSSR count). The Balaban J connectivity index is 1.89. The lowest BCUT2D eigenvalue weighted by atomic mass is 10.0. The zero-order valence-electron chi connectivity index (χ0n) is 13.5. The lowest BCUT2D eigenvalue weighted by Crippen LogP contribution is -2.41. The number of nitrogens with zero attached hydrogens (tertiary/aromatic N) is 1. The molecule has 1 atom stereocenters. The fraction of sp³-hybridized carbons (Fsp3) is 0.471. The van der Waals surface area contributed by atoms with E-state index in [4.69, 9.17) is 4.74 Å². The summed E-state index contributed by atoms with van der Waals surface area (Å²) in [5, 5.41) is 2.60. The lowest BCUT2D eigenvalue weighted by molar-refractivity contribution is -0.136. The standard InChI is InChI=1S/C17H22N2O4/c1-12-5-4-8-19(10-12)16(21)11-23-17(22)14-6-3-7-15(9-14)18-13(2)20/h3,6-7,9,12H,4-5,8,10-11H2,1-2H3,(H,18,20)/t12-/m0/s1. The van der Waals surface area contributed by atoms with E-state index in [0.717, 1.165) is 19.4 Å². The van der Waals surface area contributed by atoms with E-state index in [0.29, 0.717) is 23.7 Å². The van der Waals surface area contributed by atoms with Crippen molar-refractivity contribution in [2.24, 2.45) is 5.92 Å². The van der Waals surface area contributed by atoms with E-state index in [1.54, 1.807) is 23.1 Å². The molecule has 0 radical (unpaired) electrons. The van der Waals surface area contributed by atoms with Gasteiger partial charge in [-0.3, -0.25) is 9.59 Å². The first-order valence-electron chi connectivity index (χ1n) is 7.78. The predicted molar refractivity (Wildman–Crippen MR) is 86.0 cm³/mol. The van der Waals surface area contributed by atoms with Crippen LogP contribution in [0.2, 0.25) is 0 Å². The highest BCUT2D eigenvalue weighted by Gasteiger charge is 2.22. The predicted octanol–water partition coefficient (Wildman–Crippen LogP) is 2.06. The topological polar surface area (TPSA) is 75.7 Å². The van der Waals surface area contributed by atoms with Gasteiger partial charge < -0.3 is 15.0 Å². The van der Waals surface area contributed by atoms with Gasteiger partial charge in [-0.05, 0) is 37.0 Å². The summed E-state index contributed by atoms with van der Waals surface area (Å²) >= 11 is 0. The third-order valence-electron chi connectivity index (χ3n) is 3.76. The van der Waals surface area contributed by atoms with Crippen molar-refractivity contribution in [1.29, 1.82) is 0 Å². The fourth-order valence-corrected chi connectivity index (χ4v) is 2.65. The number of hydrogen-bond donors (Lipinski definition) is 1. The van der Waals surface area contributed by atoms with E-state index in [-0.39, 0.29) is 18.4 Å². The first kappa shape index (κ1) is 17.0. The second kappa shape index (κ2) is 7.76. The Morgan fingerprint density at radius 2 is 2.13 bits per heavy atom. The number of piperidine rings is 1. The first-order valence-corrected chi connectivity index (χ1v) is 7.78. The highest BCUT2D eigenvalue weighted by molar-refractivity contribution is 5.94. The molecule has 2 amide bonds. The van der Waals surface area contributed by atoms with Gasteiger partial charge in [0.05, 0.1) is 5.56 Å². The lowest BCUT2D eigenvalue weighted by Gasteiger charge is -2.30. The average Bonchev–Trinajstić information content (AvgIpc) is 2.52. The number of carbonyl (C=O) groups is 3. The molecule has 6 nitrogen and oxygen atoms in total. The SMILES string of the molecule is CC(=O)Nc1cccc(C(=O)OCC(=O)N2CCC[C@H](C)C2)c1. The maximum absolute atomic E-state index is 12.1. The van der Waals surface area contributed by atoms with Crippen molar-refractivity contribution < 1.29 is 19.1 Å². The van der Waals surface area contributed by atoms with Gasteiger partial charge in [0, 0.05) is 25.7 Å². The average molecular weight is 318 g/mol. The van der Waals surface area contributed by atoms with Gasteiger partial charge in [0.15, 0.2) is 6.61 Å². The van der Waals surface area contributed by atoms with Crippen molar-refractivity contribution in [2.75, 3.05) is 25.0 Å². The smallest absolute Gasteiger partial charge is 0.338 e. The van der Waals surface area contributed by atoms with E-state index in [9.17, 15) is 14.4 Å². The monoisotopic (exact) mass is 318 g/mol. The van der Waals surface area contributed by atoms with Crippen molar-refractivity contribution in [3.05, 3.63) is 29.8 Å². The number of benzene rings is 1. The van der Waals surface area contributed by atoms with Crippen molar-refractivity contribution in [3.8, 4) is 0 Å². The quantitative estimate of drug-likeness (QED) is 0.862. The maximum atomic E-state index is 12.1. The summed E-state index contributed by atoms with van der Waals surface area (Å²) < 4.78 is 5.10. The van der Waals surface area contributed by atoms with Crippen LogP contribution in [0, 0.1) is 5.92 Å². The van der Waals surface area contributed by atoms with Crippen LogP contribution >= 0.6 is 0 Å². The van der Waals surface area contributed by atoms with Crippen LogP contribution in [0.3, 0.4) is 0 Å². The molecule has 1 aliphatic rings. The number of carbonyl (C=O) groups excluding carboxylic acids is 3. The zero-order chi connectivity index (χ0) is 16.8. The Labute approximate surface area is 135 Å². The summed E-state index contributed by atoms with van der Waals surface area (Å²) in [5.41, 5.74) is 0.819. The molecule has 6 heteroatoms.